The zero-order chi connectivity index (χ0) is 14.6. The molecule has 0 aromatic heterocycles. The summed E-state index contributed by atoms with van der Waals surface area (Å²) in [6.07, 6.45) is 1.60. The molecule has 1 aromatic carbocycles. The molecule has 1 atom stereocenters. The van der Waals surface area contributed by atoms with Crippen LogP contribution in [0.3, 0.4) is 0 Å². The molecule has 112 valence electrons. The lowest BCUT2D eigenvalue weighted by Crippen LogP contribution is -2.39. The highest BCUT2D eigenvalue weighted by molar-refractivity contribution is 5.44. The fourth-order valence-corrected chi connectivity index (χ4v) is 2.60. The van der Waals surface area contributed by atoms with Gasteiger partial charge < -0.3 is 19.9 Å². The van der Waals surface area contributed by atoms with Crippen LogP contribution in [0, 0.1) is 0 Å². The third kappa shape index (κ3) is 3.64. The van der Waals surface area contributed by atoms with Crippen molar-refractivity contribution in [2.75, 3.05) is 19.8 Å². The number of fused-ring (bicyclic) bond motifs is 1. The van der Waals surface area contributed by atoms with Crippen LogP contribution in [0.15, 0.2) is 18.2 Å². The monoisotopic (exact) mass is 279 g/mol. The minimum Gasteiger partial charge on any atom is -0.493 e. The Balaban J connectivity index is 2.18. The van der Waals surface area contributed by atoms with E-state index in [9.17, 15) is 0 Å². The normalized spacial score (nSPS) is 20.1. The number of aliphatic hydroxyl groups excluding tert-OH is 1. The molecule has 0 radical (unpaired) electrons. The van der Waals surface area contributed by atoms with Gasteiger partial charge in [0.2, 0.25) is 0 Å². The van der Waals surface area contributed by atoms with Crippen LogP contribution in [0.4, 0.5) is 0 Å². The third-order valence-electron chi connectivity index (χ3n) is 3.46. The zero-order valence-electron chi connectivity index (χ0n) is 12.6. The second-order valence-corrected chi connectivity index (χ2v) is 5.80. The number of hydrogen-bond acceptors (Lipinski definition) is 4. The minimum absolute atomic E-state index is 0.150. The van der Waals surface area contributed by atoms with Gasteiger partial charge in [0.05, 0.1) is 6.61 Å². The molecule has 2 rings (SSSR count). The maximum Gasteiger partial charge on any atom is 0.128 e. The van der Waals surface area contributed by atoms with Gasteiger partial charge in [0.15, 0.2) is 0 Å². The van der Waals surface area contributed by atoms with Gasteiger partial charge in [-0.25, -0.2) is 0 Å². The molecule has 20 heavy (non-hydrogen) atoms. The fraction of sp³-hybridized carbons (Fsp3) is 0.625. The van der Waals surface area contributed by atoms with Crippen LogP contribution in [-0.2, 0) is 0 Å². The zero-order valence-corrected chi connectivity index (χ0v) is 12.6. The van der Waals surface area contributed by atoms with Gasteiger partial charge in [-0.2, -0.15) is 0 Å². The molecule has 0 amide bonds. The van der Waals surface area contributed by atoms with Crippen molar-refractivity contribution in [2.45, 2.75) is 45.3 Å². The van der Waals surface area contributed by atoms with Gasteiger partial charge in [-0.15, -0.1) is 0 Å². The van der Waals surface area contributed by atoms with Gasteiger partial charge in [-0.3, -0.25) is 0 Å². The third-order valence-corrected chi connectivity index (χ3v) is 3.46. The summed E-state index contributed by atoms with van der Waals surface area (Å²) in [5, 5.41) is 12.3. The van der Waals surface area contributed by atoms with E-state index in [1.54, 1.807) is 0 Å². The van der Waals surface area contributed by atoms with Crippen LogP contribution in [0.25, 0.3) is 0 Å². The molecule has 1 aliphatic heterocycles. The first-order chi connectivity index (χ1) is 9.55. The molecular weight excluding hydrogens is 254 g/mol. The average molecular weight is 279 g/mol. The molecule has 0 aliphatic carbocycles. The van der Waals surface area contributed by atoms with E-state index in [0.717, 1.165) is 24.5 Å². The van der Waals surface area contributed by atoms with Crippen LogP contribution in [0.2, 0.25) is 0 Å². The van der Waals surface area contributed by atoms with Crippen LogP contribution < -0.4 is 14.8 Å². The molecule has 4 nitrogen and oxygen atoms in total. The highest BCUT2D eigenvalue weighted by Crippen LogP contribution is 2.41. The SMILES string of the molecule is CCNC1CC(C)(C)Oc2cc(OCCCO)ccc21. The Morgan fingerprint density at radius 2 is 2.25 bits per heavy atom. The summed E-state index contributed by atoms with van der Waals surface area (Å²) < 4.78 is 11.7. The van der Waals surface area contributed by atoms with E-state index in [2.05, 4.69) is 32.2 Å². The first-order valence-corrected chi connectivity index (χ1v) is 7.36. The van der Waals surface area contributed by atoms with Crippen molar-refractivity contribution < 1.29 is 14.6 Å². The summed E-state index contributed by atoms with van der Waals surface area (Å²) in [5.41, 5.74) is 1.02. The Bertz CT molecular complexity index is 445. The second kappa shape index (κ2) is 6.46. The summed E-state index contributed by atoms with van der Waals surface area (Å²) in [6.45, 7) is 7.95. The van der Waals surface area contributed by atoms with Gasteiger partial charge in [0, 0.05) is 37.1 Å². The summed E-state index contributed by atoms with van der Waals surface area (Å²) >= 11 is 0. The Morgan fingerprint density at radius 1 is 1.45 bits per heavy atom. The molecule has 0 fully saturated rings. The largest absolute Gasteiger partial charge is 0.493 e. The number of ether oxygens (including phenoxy) is 2. The van der Waals surface area contributed by atoms with E-state index in [0.29, 0.717) is 19.1 Å². The van der Waals surface area contributed by atoms with E-state index in [-0.39, 0.29) is 12.2 Å². The van der Waals surface area contributed by atoms with Crippen LogP contribution in [0.5, 0.6) is 11.5 Å². The lowest BCUT2D eigenvalue weighted by Gasteiger charge is -2.38. The molecule has 0 saturated carbocycles. The van der Waals surface area contributed by atoms with Crippen LogP contribution in [-0.4, -0.2) is 30.5 Å². The van der Waals surface area contributed by atoms with Gasteiger partial charge in [0.25, 0.3) is 0 Å². The number of benzene rings is 1. The summed E-state index contributed by atoms with van der Waals surface area (Å²) in [4.78, 5) is 0. The van der Waals surface area contributed by atoms with E-state index in [4.69, 9.17) is 14.6 Å². The minimum atomic E-state index is -0.177. The molecule has 1 heterocycles. The predicted octanol–water partition coefficient (Wildman–Crippen LogP) is 2.66. The lowest BCUT2D eigenvalue weighted by molar-refractivity contribution is 0.0660. The van der Waals surface area contributed by atoms with Crippen molar-refractivity contribution in [1.82, 2.24) is 5.32 Å². The highest BCUT2D eigenvalue weighted by Gasteiger charge is 2.33. The average Bonchev–Trinajstić information content (AvgIpc) is 2.37. The van der Waals surface area contributed by atoms with Gasteiger partial charge in [-0.1, -0.05) is 13.0 Å². The lowest BCUT2D eigenvalue weighted by atomic mass is 9.89. The number of hydrogen-bond donors (Lipinski definition) is 2. The quantitative estimate of drug-likeness (QED) is 0.786. The molecule has 1 unspecified atom stereocenters. The molecule has 1 aliphatic rings. The maximum atomic E-state index is 8.79. The second-order valence-electron chi connectivity index (χ2n) is 5.80. The Morgan fingerprint density at radius 3 is 2.95 bits per heavy atom. The van der Waals surface area contributed by atoms with Gasteiger partial charge in [-0.05, 0) is 26.5 Å². The smallest absolute Gasteiger partial charge is 0.128 e. The molecule has 1 aromatic rings. The van der Waals surface area contributed by atoms with Crippen LogP contribution in [0.1, 0.15) is 45.2 Å². The maximum absolute atomic E-state index is 8.79. The standard InChI is InChI=1S/C16H25NO3/c1-4-17-14-11-16(2,3)20-15-10-12(6-7-13(14)15)19-9-5-8-18/h6-7,10,14,17-18H,4-5,8-9,11H2,1-3H3. The Hall–Kier alpha value is -1.26. The van der Waals surface area contributed by atoms with Crippen molar-refractivity contribution in [2.24, 2.45) is 0 Å². The van der Waals surface area contributed by atoms with Crippen molar-refractivity contribution in [3.05, 3.63) is 23.8 Å². The van der Waals surface area contributed by atoms with E-state index >= 15 is 0 Å². The number of rotatable bonds is 6. The highest BCUT2D eigenvalue weighted by atomic mass is 16.5. The first kappa shape index (κ1) is 15.1. The summed E-state index contributed by atoms with van der Waals surface area (Å²) in [7, 11) is 0. The van der Waals surface area contributed by atoms with Crippen molar-refractivity contribution >= 4 is 0 Å². The molecule has 4 heteroatoms. The van der Waals surface area contributed by atoms with Crippen molar-refractivity contribution in [1.29, 1.82) is 0 Å². The van der Waals surface area contributed by atoms with Crippen LogP contribution >= 0.6 is 0 Å². The van der Waals surface area contributed by atoms with Crippen molar-refractivity contribution in [3.8, 4) is 11.5 Å². The Kier molecular flexibility index (Phi) is 4.89. The number of aliphatic hydroxyl groups is 1. The topological polar surface area (TPSA) is 50.7 Å². The molecule has 2 N–H and O–H groups in total. The first-order valence-electron chi connectivity index (χ1n) is 7.36. The predicted molar refractivity (Wildman–Crippen MR) is 79.4 cm³/mol. The van der Waals surface area contributed by atoms with Crippen molar-refractivity contribution in [3.63, 3.8) is 0 Å². The van der Waals surface area contributed by atoms with Gasteiger partial charge in [0.1, 0.15) is 17.1 Å². The van der Waals surface area contributed by atoms with Gasteiger partial charge >= 0.3 is 0 Å². The summed E-state index contributed by atoms with van der Waals surface area (Å²) in [6, 6.07) is 6.33. The van der Waals surface area contributed by atoms with E-state index in [1.807, 2.05) is 12.1 Å². The molecular formula is C16H25NO3. The fourth-order valence-electron chi connectivity index (χ4n) is 2.60. The molecule has 0 spiro atoms. The Labute approximate surface area is 121 Å². The summed E-state index contributed by atoms with van der Waals surface area (Å²) in [5.74, 6) is 1.69. The molecule has 0 saturated heterocycles. The molecule has 0 bridgehead atoms. The van der Waals surface area contributed by atoms with E-state index < -0.39 is 0 Å². The van der Waals surface area contributed by atoms with E-state index in [1.165, 1.54) is 5.56 Å². The number of nitrogens with one attached hydrogen (secondary N) is 1.